The first-order chi connectivity index (χ1) is 9.08. The molecule has 3 heteroatoms. The number of benzene rings is 1. The topological polar surface area (TPSA) is 32.3 Å². The Kier molecular flexibility index (Phi) is 4.38. The van der Waals surface area contributed by atoms with Crippen LogP contribution in [-0.4, -0.2) is 19.0 Å². The van der Waals surface area contributed by atoms with Gasteiger partial charge in [0, 0.05) is 31.2 Å². The van der Waals surface area contributed by atoms with Crippen LogP contribution in [0.15, 0.2) is 36.4 Å². The molecule has 1 heterocycles. The number of nitrogens with zero attached hydrogens (tertiary/aromatic N) is 1. The standard InChI is InChI=1S/C16H22N2O/c1-12(2)11-17-13(3)14-6-8-15(9-7-14)18-10-4-5-16(18)19/h6-9,13,17H,1,4-5,10-11H2,2-3H3/t13-/m1/s1. The largest absolute Gasteiger partial charge is 0.312 e. The van der Waals surface area contributed by atoms with Gasteiger partial charge in [-0.25, -0.2) is 0 Å². The minimum atomic E-state index is 0.237. The third-order valence-electron chi connectivity index (χ3n) is 3.49. The highest BCUT2D eigenvalue weighted by Crippen LogP contribution is 2.23. The van der Waals surface area contributed by atoms with Gasteiger partial charge in [-0.15, -0.1) is 0 Å². The minimum Gasteiger partial charge on any atom is -0.312 e. The van der Waals surface area contributed by atoms with Gasteiger partial charge in [0.1, 0.15) is 0 Å². The van der Waals surface area contributed by atoms with Gasteiger partial charge in [-0.05, 0) is 38.0 Å². The van der Waals surface area contributed by atoms with Crippen molar-refractivity contribution in [2.75, 3.05) is 18.0 Å². The Hall–Kier alpha value is -1.61. The first-order valence-corrected chi connectivity index (χ1v) is 6.86. The van der Waals surface area contributed by atoms with Crippen molar-refractivity contribution in [3.63, 3.8) is 0 Å². The molecule has 0 bridgehead atoms. The number of nitrogens with one attached hydrogen (secondary N) is 1. The summed E-state index contributed by atoms with van der Waals surface area (Å²) in [5, 5.41) is 3.42. The van der Waals surface area contributed by atoms with Gasteiger partial charge in [0.15, 0.2) is 0 Å². The average molecular weight is 258 g/mol. The monoisotopic (exact) mass is 258 g/mol. The quantitative estimate of drug-likeness (QED) is 0.823. The first-order valence-electron chi connectivity index (χ1n) is 6.86. The summed E-state index contributed by atoms with van der Waals surface area (Å²) >= 11 is 0. The van der Waals surface area contributed by atoms with E-state index in [1.165, 1.54) is 5.56 Å². The lowest BCUT2D eigenvalue weighted by atomic mass is 10.1. The van der Waals surface area contributed by atoms with Crippen molar-refractivity contribution in [1.82, 2.24) is 5.32 Å². The van der Waals surface area contributed by atoms with Crippen LogP contribution in [0.1, 0.15) is 38.3 Å². The smallest absolute Gasteiger partial charge is 0.227 e. The SMILES string of the molecule is C=C(C)CN[C@H](C)c1ccc(N2CCCC2=O)cc1. The van der Waals surface area contributed by atoms with E-state index in [1.54, 1.807) is 0 Å². The molecule has 0 aromatic heterocycles. The van der Waals surface area contributed by atoms with Crippen LogP contribution in [0, 0.1) is 0 Å². The lowest BCUT2D eigenvalue weighted by Gasteiger charge is -2.18. The van der Waals surface area contributed by atoms with E-state index < -0.39 is 0 Å². The zero-order valence-corrected chi connectivity index (χ0v) is 11.8. The van der Waals surface area contributed by atoms with E-state index in [4.69, 9.17) is 0 Å². The highest BCUT2D eigenvalue weighted by Gasteiger charge is 2.21. The van der Waals surface area contributed by atoms with Gasteiger partial charge in [0.25, 0.3) is 0 Å². The molecule has 1 aliphatic heterocycles. The number of amides is 1. The summed E-state index contributed by atoms with van der Waals surface area (Å²) < 4.78 is 0. The van der Waals surface area contributed by atoms with E-state index in [2.05, 4.69) is 31.0 Å². The van der Waals surface area contributed by atoms with Crippen LogP contribution in [0.5, 0.6) is 0 Å². The van der Waals surface area contributed by atoms with Crippen molar-refractivity contribution in [3.05, 3.63) is 42.0 Å². The van der Waals surface area contributed by atoms with Gasteiger partial charge >= 0.3 is 0 Å². The molecule has 0 spiro atoms. The molecule has 1 atom stereocenters. The molecule has 0 unspecified atom stereocenters. The van der Waals surface area contributed by atoms with Crippen LogP contribution in [0.4, 0.5) is 5.69 Å². The number of carbonyl (C=O) groups excluding carboxylic acids is 1. The van der Waals surface area contributed by atoms with Crippen molar-refractivity contribution < 1.29 is 4.79 Å². The summed E-state index contributed by atoms with van der Waals surface area (Å²) in [5.41, 5.74) is 3.38. The summed E-state index contributed by atoms with van der Waals surface area (Å²) in [6, 6.07) is 8.56. The predicted molar refractivity (Wildman–Crippen MR) is 79.3 cm³/mol. The molecule has 1 aliphatic rings. The van der Waals surface area contributed by atoms with Gasteiger partial charge in [-0.3, -0.25) is 4.79 Å². The molecule has 1 amide bonds. The third-order valence-corrected chi connectivity index (χ3v) is 3.49. The molecule has 1 aromatic carbocycles. The van der Waals surface area contributed by atoms with Gasteiger partial charge in [-0.1, -0.05) is 24.3 Å². The molecule has 102 valence electrons. The summed E-state index contributed by atoms with van der Waals surface area (Å²) in [5.74, 6) is 0.237. The maximum absolute atomic E-state index is 11.7. The molecule has 19 heavy (non-hydrogen) atoms. The van der Waals surface area contributed by atoms with E-state index in [0.29, 0.717) is 12.5 Å². The van der Waals surface area contributed by atoms with E-state index in [1.807, 2.05) is 24.0 Å². The Labute approximate surface area is 115 Å². The van der Waals surface area contributed by atoms with Crippen LogP contribution in [0.2, 0.25) is 0 Å². The number of hydrogen-bond acceptors (Lipinski definition) is 2. The second-order valence-corrected chi connectivity index (χ2v) is 5.30. The fraction of sp³-hybridized carbons (Fsp3) is 0.438. The van der Waals surface area contributed by atoms with Crippen molar-refractivity contribution in [2.45, 2.75) is 32.7 Å². The maximum Gasteiger partial charge on any atom is 0.227 e. The molecule has 2 rings (SSSR count). The van der Waals surface area contributed by atoms with Crippen molar-refractivity contribution in [1.29, 1.82) is 0 Å². The second-order valence-electron chi connectivity index (χ2n) is 5.30. The van der Waals surface area contributed by atoms with Crippen molar-refractivity contribution >= 4 is 11.6 Å². The fourth-order valence-electron chi connectivity index (χ4n) is 2.31. The Morgan fingerprint density at radius 1 is 1.42 bits per heavy atom. The highest BCUT2D eigenvalue weighted by atomic mass is 16.2. The first kappa shape index (κ1) is 13.8. The number of carbonyl (C=O) groups is 1. The van der Waals surface area contributed by atoms with Crippen LogP contribution < -0.4 is 10.2 Å². The Morgan fingerprint density at radius 3 is 2.63 bits per heavy atom. The predicted octanol–water partition coefficient (Wildman–Crippen LogP) is 3.04. The highest BCUT2D eigenvalue weighted by molar-refractivity contribution is 5.95. The molecule has 0 radical (unpaired) electrons. The molecule has 1 N–H and O–H groups in total. The fourth-order valence-corrected chi connectivity index (χ4v) is 2.31. The van der Waals surface area contributed by atoms with Gasteiger partial charge in [-0.2, -0.15) is 0 Å². The summed E-state index contributed by atoms with van der Waals surface area (Å²) in [7, 11) is 0. The van der Waals surface area contributed by atoms with E-state index in [0.717, 1.165) is 30.8 Å². The van der Waals surface area contributed by atoms with E-state index >= 15 is 0 Å². The average Bonchev–Trinajstić information content (AvgIpc) is 2.82. The van der Waals surface area contributed by atoms with Gasteiger partial charge < -0.3 is 10.2 Å². The van der Waals surface area contributed by atoms with Crippen molar-refractivity contribution in [3.8, 4) is 0 Å². The number of anilines is 1. The van der Waals surface area contributed by atoms with Gasteiger partial charge in [0.05, 0.1) is 0 Å². The lowest BCUT2D eigenvalue weighted by molar-refractivity contribution is -0.117. The summed E-state index contributed by atoms with van der Waals surface area (Å²) in [4.78, 5) is 13.5. The van der Waals surface area contributed by atoms with E-state index in [9.17, 15) is 4.79 Å². The molecular weight excluding hydrogens is 236 g/mol. The number of hydrogen-bond donors (Lipinski definition) is 1. The molecule has 1 fully saturated rings. The Balaban J connectivity index is 2.01. The van der Waals surface area contributed by atoms with Crippen molar-refractivity contribution in [2.24, 2.45) is 0 Å². The minimum absolute atomic E-state index is 0.237. The summed E-state index contributed by atoms with van der Waals surface area (Å²) in [6.07, 6.45) is 1.65. The Morgan fingerprint density at radius 2 is 2.11 bits per heavy atom. The molecule has 0 saturated carbocycles. The maximum atomic E-state index is 11.7. The van der Waals surface area contributed by atoms with Crippen LogP contribution in [0.25, 0.3) is 0 Å². The second kappa shape index (κ2) is 6.02. The zero-order valence-electron chi connectivity index (χ0n) is 11.8. The normalized spacial score (nSPS) is 16.7. The molecular formula is C16H22N2O. The van der Waals surface area contributed by atoms with Crippen LogP contribution >= 0.6 is 0 Å². The molecule has 1 saturated heterocycles. The van der Waals surface area contributed by atoms with E-state index in [-0.39, 0.29) is 5.91 Å². The molecule has 0 aliphatic carbocycles. The summed E-state index contributed by atoms with van der Waals surface area (Å²) in [6.45, 7) is 9.72. The molecule has 3 nitrogen and oxygen atoms in total. The van der Waals surface area contributed by atoms with Crippen LogP contribution in [0.3, 0.4) is 0 Å². The molecule has 1 aromatic rings. The number of rotatable bonds is 5. The Bertz CT molecular complexity index is 464. The lowest BCUT2D eigenvalue weighted by Crippen LogP contribution is -2.24. The zero-order chi connectivity index (χ0) is 13.8. The van der Waals surface area contributed by atoms with Crippen LogP contribution in [-0.2, 0) is 4.79 Å². The van der Waals surface area contributed by atoms with Gasteiger partial charge in [0.2, 0.25) is 5.91 Å². The third kappa shape index (κ3) is 3.44.